The van der Waals surface area contributed by atoms with Crippen LogP contribution in [0, 0.1) is 0 Å². The van der Waals surface area contributed by atoms with Crippen molar-refractivity contribution < 1.29 is 9.53 Å². The molecule has 0 saturated carbocycles. The largest absolute Gasteiger partial charge is 0.378 e. The molecule has 7 nitrogen and oxygen atoms in total. The van der Waals surface area contributed by atoms with Crippen LogP contribution in [0.4, 0.5) is 0 Å². The van der Waals surface area contributed by atoms with Crippen molar-refractivity contribution in [3.8, 4) is 11.4 Å². The highest BCUT2D eigenvalue weighted by molar-refractivity contribution is 9.10. The average molecular weight is 366 g/mol. The fourth-order valence-corrected chi connectivity index (χ4v) is 2.39. The molecule has 22 heavy (non-hydrogen) atoms. The molecule has 116 valence electrons. The minimum absolute atomic E-state index is 0.0960. The van der Waals surface area contributed by atoms with Crippen molar-refractivity contribution in [1.29, 1.82) is 0 Å². The van der Waals surface area contributed by atoms with E-state index in [0.717, 1.165) is 10.0 Å². The maximum Gasteiger partial charge on any atom is 0.239 e. The lowest BCUT2D eigenvalue weighted by atomic mass is 10.2. The molecule has 3 rings (SSSR count). The first kappa shape index (κ1) is 15.1. The molecule has 2 heterocycles. The van der Waals surface area contributed by atoms with E-state index in [2.05, 4.69) is 41.7 Å². The van der Waals surface area contributed by atoms with Gasteiger partial charge in [-0.2, -0.15) is 5.10 Å². The molecule has 1 saturated heterocycles. The van der Waals surface area contributed by atoms with Gasteiger partial charge in [0.25, 0.3) is 0 Å². The Balaban J connectivity index is 1.57. The van der Waals surface area contributed by atoms with Crippen LogP contribution in [-0.4, -0.2) is 46.9 Å². The number of benzene rings is 1. The highest BCUT2D eigenvalue weighted by Crippen LogP contribution is 2.18. The standard InChI is InChI=1S/C14H16BrN5O2/c15-10-3-1-9(2-4-10)13-18-12(19-20-13)7-17-14(21)11-8-22-6-5-16-11/h1-4,11,16H,5-8H2,(H,17,21)(H,18,19,20). The summed E-state index contributed by atoms with van der Waals surface area (Å²) >= 11 is 3.39. The molecule has 3 N–H and O–H groups in total. The van der Waals surface area contributed by atoms with Crippen molar-refractivity contribution in [2.24, 2.45) is 0 Å². The molecule has 1 aliphatic heterocycles. The van der Waals surface area contributed by atoms with Crippen molar-refractivity contribution in [3.05, 3.63) is 34.6 Å². The van der Waals surface area contributed by atoms with E-state index in [-0.39, 0.29) is 11.9 Å². The van der Waals surface area contributed by atoms with Crippen molar-refractivity contribution in [2.75, 3.05) is 19.8 Å². The number of nitrogens with one attached hydrogen (secondary N) is 3. The number of aromatic amines is 1. The summed E-state index contributed by atoms with van der Waals surface area (Å²) in [4.78, 5) is 16.3. The highest BCUT2D eigenvalue weighted by atomic mass is 79.9. The average Bonchev–Trinajstić information content (AvgIpc) is 3.03. The van der Waals surface area contributed by atoms with Gasteiger partial charge in [0.2, 0.25) is 5.91 Å². The Labute approximate surface area is 136 Å². The number of halogens is 1. The summed E-state index contributed by atoms with van der Waals surface area (Å²) in [6, 6.07) is 7.42. The van der Waals surface area contributed by atoms with Gasteiger partial charge in [0.1, 0.15) is 11.9 Å². The van der Waals surface area contributed by atoms with Crippen molar-refractivity contribution >= 4 is 21.8 Å². The van der Waals surface area contributed by atoms with E-state index < -0.39 is 0 Å². The number of hydrogen-bond donors (Lipinski definition) is 3. The van der Waals surface area contributed by atoms with Crippen LogP contribution < -0.4 is 10.6 Å². The Morgan fingerprint density at radius 2 is 2.23 bits per heavy atom. The van der Waals surface area contributed by atoms with Crippen LogP contribution in [0.25, 0.3) is 11.4 Å². The number of H-pyrrole nitrogens is 1. The second-order valence-electron chi connectivity index (χ2n) is 4.91. The molecule has 2 aromatic rings. The normalized spacial score (nSPS) is 18.1. The van der Waals surface area contributed by atoms with E-state index in [4.69, 9.17) is 4.74 Å². The van der Waals surface area contributed by atoms with E-state index in [9.17, 15) is 4.79 Å². The molecular formula is C14H16BrN5O2. The lowest BCUT2D eigenvalue weighted by Gasteiger charge is -2.22. The molecule has 8 heteroatoms. The van der Waals surface area contributed by atoms with Gasteiger partial charge in [0.05, 0.1) is 19.8 Å². The van der Waals surface area contributed by atoms with Crippen LogP contribution >= 0.6 is 15.9 Å². The highest BCUT2D eigenvalue weighted by Gasteiger charge is 2.21. The van der Waals surface area contributed by atoms with Gasteiger partial charge >= 0.3 is 0 Å². The quantitative estimate of drug-likeness (QED) is 0.746. The second kappa shape index (κ2) is 6.99. The van der Waals surface area contributed by atoms with E-state index in [1.807, 2.05) is 24.3 Å². The minimum Gasteiger partial charge on any atom is -0.378 e. The smallest absolute Gasteiger partial charge is 0.239 e. The van der Waals surface area contributed by atoms with Crippen molar-refractivity contribution in [3.63, 3.8) is 0 Å². The number of carbonyl (C=O) groups excluding carboxylic acids is 1. The SMILES string of the molecule is O=C(NCc1nc(-c2ccc(Br)cc2)n[nH]1)C1COCCN1. The summed E-state index contributed by atoms with van der Waals surface area (Å²) in [7, 11) is 0. The molecule has 0 aliphatic carbocycles. The zero-order valence-corrected chi connectivity index (χ0v) is 13.4. The zero-order valence-electron chi connectivity index (χ0n) is 11.8. The molecule has 1 amide bonds. The molecule has 1 fully saturated rings. The molecule has 0 spiro atoms. The number of hydrogen-bond acceptors (Lipinski definition) is 5. The van der Waals surface area contributed by atoms with Gasteiger partial charge in [-0.3, -0.25) is 9.89 Å². The third kappa shape index (κ3) is 3.70. The maximum absolute atomic E-state index is 12.0. The molecule has 1 aliphatic rings. The van der Waals surface area contributed by atoms with E-state index in [0.29, 0.717) is 38.0 Å². The Morgan fingerprint density at radius 1 is 1.41 bits per heavy atom. The second-order valence-corrected chi connectivity index (χ2v) is 5.83. The summed E-state index contributed by atoms with van der Waals surface area (Å²) in [5.41, 5.74) is 0.916. The molecule has 1 aromatic heterocycles. The van der Waals surface area contributed by atoms with E-state index in [1.54, 1.807) is 0 Å². The van der Waals surface area contributed by atoms with Crippen LogP contribution in [0.5, 0.6) is 0 Å². The van der Waals surface area contributed by atoms with E-state index >= 15 is 0 Å². The molecule has 0 bridgehead atoms. The number of aromatic nitrogens is 3. The van der Waals surface area contributed by atoms with Gasteiger partial charge in [-0.1, -0.05) is 28.1 Å². The monoisotopic (exact) mass is 365 g/mol. The third-order valence-corrected chi connectivity index (χ3v) is 3.83. The van der Waals surface area contributed by atoms with Crippen LogP contribution in [0.1, 0.15) is 5.82 Å². The summed E-state index contributed by atoms with van der Waals surface area (Å²) in [6.45, 7) is 2.03. The van der Waals surface area contributed by atoms with Gasteiger partial charge in [-0.15, -0.1) is 0 Å². The number of nitrogens with zero attached hydrogens (tertiary/aromatic N) is 2. The maximum atomic E-state index is 12.0. The molecule has 1 aromatic carbocycles. The fraction of sp³-hybridized carbons (Fsp3) is 0.357. The number of carbonyl (C=O) groups is 1. The molecular weight excluding hydrogens is 350 g/mol. The van der Waals surface area contributed by atoms with Gasteiger partial charge in [-0.05, 0) is 12.1 Å². The zero-order chi connectivity index (χ0) is 15.4. The fourth-order valence-electron chi connectivity index (χ4n) is 2.13. The van der Waals surface area contributed by atoms with Gasteiger partial charge in [-0.25, -0.2) is 4.98 Å². The molecule has 0 radical (unpaired) electrons. The predicted molar refractivity (Wildman–Crippen MR) is 84.0 cm³/mol. The van der Waals surface area contributed by atoms with E-state index in [1.165, 1.54) is 0 Å². The number of morpholine rings is 1. The van der Waals surface area contributed by atoms with Crippen LogP contribution in [0.2, 0.25) is 0 Å². The van der Waals surface area contributed by atoms with Crippen LogP contribution in [0.15, 0.2) is 28.7 Å². The predicted octanol–water partition coefficient (Wildman–Crippen LogP) is 0.839. The van der Waals surface area contributed by atoms with Crippen LogP contribution in [-0.2, 0) is 16.1 Å². The summed E-state index contributed by atoms with van der Waals surface area (Å²) in [5.74, 6) is 1.13. The van der Waals surface area contributed by atoms with Crippen molar-refractivity contribution in [2.45, 2.75) is 12.6 Å². The summed E-state index contributed by atoms with van der Waals surface area (Å²) < 4.78 is 6.27. The van der Waals surface area contributed by atoms with Crippen molar-refractivity contribution in [1.82, 2.24) is 25.8 Å². The lowest BCUT2D eigenvalue weighted by molar-refractivity contribution is -0.126. The Morgan fingerprint density at radius 3 is 2.95 bits per heavy atom. The Bertz CT molecular complexity index is 637. The van der Waals surface area contributed by atoms with Gasteiger partial charge < -0.3 is 15.4 Å². The number of amides is 1. The first-order chi connectivity index (χ1) is 10.7. The number of rotatable bonds is 4. The topological polar surface area (TPSA) is 91.9 Å². The molecule has 1 unspecified atom stereocenters. The number of ether oxygens (including phenoxy) is 1. The van der Waals surface area contributed by atoms with Crippen LogP contribution in [0.3, 0.4) is 0 Å². The Kier molecular flexibility index (Phi) is 4.81. The minimum atomic E-state index is -0.303. The first-order valence-corrected chi connectivity index (χ1v) is 7.78. The third-order valence-electron chi connectivity index (χ3n) is 3.30. The van der Waals surface area contributed by atoms with Gasteiger partial charge in [0.15, 0.2) is 5.82 Å². The summed E-state index contributed by atoms with van der Waals surface area (Å²) in [6.07, 6.45) is 0. The first-order valence-electron chi connectivity index (χ1n) is 6.98. The Hall–Kier alpha value is -1.77. The molecule has 1 atom stereocenters. The lowest BCUT2D eigenvalue weighted by Crippen LogP contribution is -2.51. The summed E-state index contributed by atoms with van der Waals surface area (Å²) in [5, 5.41) is 12.9. The van der Waals surface area contributed by atoms with Gasteiger partial charge in [0, 0.05) is 16.6 Å².